The quantitative estimate of drug-likeness (QED) is 0.488. The van der Waals surface area contributed by atoms with Crippen LogP contribution in [0.1, 0.15) is 60.8 Å². The Morgan fingerprint density at radius 1 is 1.04 bits per heavy atom. The Bertz CT molecular complexity index is 913. The van der Waals surface area contributed by atoms with E-state index in [0.29, 0.717) is 0 Å². The van der Waals surface area contributed by atoms with E-state index in [1.807, 2.05) is 31.2 Å². The highest BCUT2D eigenvalue weighted by atomic mass is 16.1. The fourth-order valence-electron chi connectivity index (χ4n) is 3.56. The van der Waals surface area contributed by atoms with E-state index in [4.69, 9.17) is 4.98 Å². The highest BCUT2D eigenvalue weighted by Crippen LogP contribution is 2.18. The summed E-state index contributed by atoms with van der Waals surface area (Å²) in [7, 11) is 0. The predicted octanol–water partition coefficient (Wildman–Crippen LogP) is 5.29. The van der Waals surface area contributed by atoms with E-state index < -0.39 is 0 Å². The molecule has 0 aliphatic carbocycles. The number of para-hydroxylation sites is 2. The Hall–Kier alpha value is -2.62. The number of unbranched alkanes of at least 4 members (excludes halogenated alkanes) is 3. The van der Waals surface area contributed by atoms with Crippen LogP contribution < -0.4 is 5.32 Å². The summed E-state index contributed by atoms with van der Waals surface area (Å²) >= 11 is 0. The van der Waals surface area contributed by atoms with Gasteiger partial charge < -0.3 is 9.88 Å². The molecule has 28 heavy (non-hydrogen) atoms. The maximum absolute atomic E-state index is 12.2. The topological polar surface area (TPSA) is 46.9 Å². The number of aromatic nitrogens is 2. The highest BCUT2D eigenvalue weighted by molar-refractivity contribution is 5.94. The molecule has 0 saturated carbocycles. The summed E-state index contributed by atoms with van der Waals surface area (Å²) in [6.45, 7) is 5.99. The minimum atomic E-state index is 0.0186. The largest absolute Gasteiger partial charge is 0.352 e. The van der Waals surface area contributed by atoms with Crippen LogP contribution in [-0.2, 0) is 13.0 Å². The third-order valence-corrected chi connectivity index (χ3v) is 5.11. The molecule has 3 rings (SSSR count). The fraction of sp³-hybridized carbons (Fsp3) is 0.417. The van der Waals surface area contributed by atoms with Crippen LogP contribution in [-0.4, -0.2) is 22.0 Å². The van der Waals surface area contributed by atoms with Crippen molar-refractivity contribution in [1.29, 1.82) is 0 Å². The summed E-state index contributed by atoms with van der Waals surface area (Å²) in [5, 5.41) is 3.03. The molecule has 4 heteroatoms. The Morgan fingerprint density at radius 3 is 2.71 bits per heavy atom. The summed E-state index contributed by atoms with van der Waals surface area (Å²) in [4.78, 5) is 17.0. The molecule has 0 fully saturated rings. The van der Waals surface area contributed by atoms with Crippen molar-refractivity contribution in [2.45, 2.75) is 58.9 Å². The highest BCUT2D eigenvalue weighted by Gasteiger charge is 2.10. The Kier molecular flexibility index (Phi) is 7.24. The second-order valence-corrected chi connectivity index (χ2v) is 7.46. The molecule has 4 nitrogen and oxygen atoms in total. The lowest BCUT2D eigenvalue weighted by Gasteiger charge is -2.09. The van der Waals surface area contributed by atoms with E-state index in [-0.39, 0.29) is 5.91 Å². The normalized spacial score (nSPS) is 11.1. The van der Waals surface area contributed by atoms with E-state index in [0.717, 1.165) is 55.4 Å². The molecule has 3 aromatic rings. The van der Waals surface area contributed by atoms with Gasteiger partial charge in [0.15, 0.2) is 0 Å². The van der Waals surface area contributed by atoms with Crippen LogP contribution in [0.3, 0.4) is 0 Å². The lowest BCUT2D eigenvalue weighted by molar-refractivity contribution is 0.0953. The first-order chi connectivity index (χ1) is 13.7. The number of amides is 1. The molecule has 0 saturated heterocycles. The first-order valence-corrected chi connectivity index (χ1v) is 10.5. The summed E-state index contributed by atoms with van der Waals surface area (Å²) < 4.78 is 2.39. The van der Waals surface area contributed by atoms with E-state index in [1.165, 1.54) is 24.2 Å². The zero-order valence-electron chi connectivity index (χ0n) is 17.1. The van der Waals surface area contributed by atoms with Crippen molar-refractivity contribution < 1.29 is 4.79 Å². The maximum atomic E-state index is 12.2. The number of fused-ring (bicyclic) bond motifs is 1. The SMILES string of the molecule is CCCCn1c(CCCCCNC(=O)c2cccc(C)c2)nc2ccccc21. The van der Waals surface area contributed by atoms with Crippen LogP contribution in [0.4, 0.5) is 0 Å². The Balaban J connectivity index is 1.45. The van der Waals surface area contributed by atoms with Crippen LogP contribution in [0.15, 0.2) is 48.5 Å². The molecule has 1 N–H and O–H groups in total. The molecule has 0 bridgehead atoms. The van der Waals surface area contributed by atoms with E-state index in [2.05, 4.69) is 41.1 Å². The molecule has 1 amide bonds. The first kappa shape index (κ1) is 20.1. The summed E-state index contributed by atoms with van der Waals surface area (Å²) in [5.74, 6) is 1.21. The zero-order valence-corrected chi connectivity index (χ0v) is 17.1. The summed E-state index contributed by atoms with van der Waals surface area (Å²) in [6, 6.07) is 16.1. The third-order valence-electron chi connectivity index (χ3n) is 5.11. The Labute approximate surface area is 168 Å². The van der Waals surface area contributed by atoms with Crippen LogP contribution in [0, 0.1) is 6.92 Å². The van der Waals surface area contributed by atoms with Gasteiger partial charge in [0.2, 0.25) is 0 Å². The number of rotatable bonds is 10. The summed E-state index contributed by atoms with van der Waals surface area (Å²) in [6.07, 6.45) is 6.53. The number of aryl methyl sites for hydroxylation is 3. The molecule has 0 aliphatic heterocycles. The number of nitrogens with one attached hydrogen (secondary N) is 1. The van der Waals surface area contributed by atoms with Crippen molar-refractivity contribution in [2.75, 3.05) is 6.54 Å². The second kappa shape index (κ2) is 10.1. The van der Waals surface area contributed by atoms with Crippen molar-refractivity contribution in [1.82, 2.24) is 14.9 Å². The van der Waals surface area contributed by atoms with Crippen LogP contribution in [0.25, 0.3) is 11.0 Å². The molecular weight excluding hydrogens is 346 g/mol. The number of benzene rings is 2. The van der Waals surface area contributed by atoms with Crippen LogP contribution in [0.2, 0.25) is 0 Å². The van der Waals surface area contributed by atoms with Gasteiger partial charge in [-0.2, -0.15) is 0 Å². The van der Waals surface area contributed by atoms with E-state index in [9.17, 15) is 4.79 Å². The van der Waals surface area contributed by atoms with Gasteiger partial charge in [-0.15, -0.1) is 0 Å². The molecule has 148 valence electrons. The molecule has 0 radical (unpaired) electrons. The predicted molar refractivity (Wildman–Crippen MR) is 116 cm³/mol. The molecular formula is C24H31N3O. The molecule has 1 aromatic heterocycles. The Morgan fingerprint density at radius 2 is 1.89 bits per heavy atom. The molecule has 2 aromatic carbocycles. The number of nitrogens with zero attached hydrogens (tertiary/aromatic N) is 2. The lowest BCUT2D eigenvalue weighted by Crippen LogP contribution is -2.24. The monoisotopic (exact) mass is 377 g/mol. The van der Waals surface area contributed by atoms with Crippen LogP contribution >= 0.6 is 0 Å². The molecule has 0 atom stereocenters. The number of hydrogen-bond acceptors (Lipinski definition) is 2. The minimum Gasteiger partial charge on any atom is -0.352 e. The van der Waals surface area contributed by atoms with Crippen molar-refractivity contribution in [3.8, 4) is 0 Å². The average molecular weight is 378 g/mol. The van der Waals surface area contributed by atoms with Crippen molar-refractivity contribution in [3.05, 3.63) is 65.5 Å². The van der Waals surface area contributed by atoms with E-state index in [1.54, 1.807) is 0 Å². The molecule has 0 unspecified atom stereocenters. The average Bonchev–Trinajstić information content (AvgIpc) is 3.06. The van der Waals surface area contributed by atoms with Crippen molar-refractivity contribution in [2.24, 2.45) is 0 Å². The van der Waals surface area contributed by atoms with Gasteiger partial charge >= 0.3 is 0 Å². The van der Waals surface area contributed by atoms with Gasteiger partial charge in [-0.05, 0) is 50.5 Å². The standard InChI is InChI=1S/C24H31N3O/c1-3-4-17-27-22-14-8-7-13-21(22)26-23(27)15-6-5-9-16-25-24(28)20-12-10-11-19(2)18-20/h7-8,10-14,18H,3-6,9,15-17H2,1-2H3,(H,25,28). The summed E-state index contributed by atoms with van der Waals surface area (Å²) in [5.41, 5.74) is 4.19. The number of carbonyl (C=O) groups is 1. The first-order valence-electron chi connectivity index (χ1n) is 10.5. The third kappa shape index (κ3) is 5.22. The van der Waals surface area contributed by atoms with Gasteiger partial charge in [-0.3, -0.25) is 4.79 Å². The lowest BCUT2D eigenvalue weighted by atomic mass is 10.1. The number of carbonyl (C=O) groups excluding carboxylic acids is 1. The van der Waals surface area contributed by atoms with E-state index >= 15 is 0 Å². The van der Waals surface area contributed by atoms with Gasteiger partial charge in [0.05, 0.1) is 11.0 Å². The zero-order chi connectivity index (χ0) is 19.8. The van der Waals surface area contributed by atoms with Crippen molar-refractivity contribution in [3.63, 3.8) is 0 Å². The van der Waals surface area contributed by atoms with Crippen LogP contribution in [0.5, 0.6) is 0 Å². The molecule has 0 spiro atoms. The second-order valence-electron chi connectivity index (χ2n) is 7.46. The van der Waals surface area contributed by atoms with Gasteiger partial charge in [0.25, 0.3) is 5.91 Å². The van der Waals surface area contributed by atoms with Gasteiger partial charge in [-0.1, -0.05) is 49.6 Å². The minimum absolute atomic E-state index is 0.0186. The van der Waals surface area contributed by atoms with Gasteiger partial charge in [0.1, 0.15) is 5.82 Å². The number of hydrogen-bond donors (Lipinski definition) is 1. The maximum Gasteiger partial charge on any atom is 0.251 e. The van der Waals surface area contributed by atoms with Crippen molar-refractivity contribution >= 4 is 16.9 Å². The van der Waals surface area contributed by atoms with Gasteiger partial charge in [0, 0.05) is 25.1 Å². The fourth-order valence-corrected chi connectivity index (χ4v) is 3.56. The smallest absolute Gasteiger partial charge is 0.251 e. The van der Waals surface area contributed by atoms with Gasteiger partial charge in [-0.25, -0.2) is 4.98 Å². The molecule has 1 heterocycles. The molecule has 0 aliphatic rings. The number of imidazole rings is 1.